The van der Waals surface area contributed by atoms with E-state index in [0.717, 1.165) is 30.2 Å². The number of anilines is 1. The Morgan fingerprint density at radius 1 is 1.00 bits per heavy atom. The van der Waals surface area contributed by atoms with Gasteiger partial charge in [0.1, 0.15) is 11.5 Å². The molecule has 0 saturated carbocycles. The minimum atomic E-state index is 0.714. The van der Waals surface area contributed by atoms with Crippen molar-refractivity contribution in [3.05, 3.63) is 53.6 Å². The van der Waals surface area contributed by atoms with Crippen LogP contribution in [0.5, 0.6) is 11.5 Å². The summed E-state index contributed by atoms with van der Waals surface area (Å²) < 4.78 is 10.6. The third-order valence-corrected chi connectivity index (χ3v) is 3.34. The van der Waals surface area contributed by atoms with Crippen molar-refractivity contribution in [2.24, 2.45) is 0 Å². The monoisotopic (exact) mass is 286 g/mol. The van der Waals surface area contributed by atoms with E-state index in [4.69, 9.17) is 15.2 Å². The van der Waals surface area contributed by atoms with E-state index in [1.807, 2.05) is 30.3 Å². The minimum absolute atomic E-state index is 0.714. The van der Waals surface area contributed by atoms with Crippen molar-refractivity contribution in [3.8, 4) is 11.5 Å². The molecule has 21 heavy (non-hydrogen) atoms. The van der Waals surface area contributed by atoms with E-state index in [1.165, 1.54) is 5.56 Å². The Morgan fingerprint density at radius 3 is 2.52 bits per heavy atom. The van der Waals surface area contributed by atoms with E-state index in [2.05, 4.69) is 24.1 Å². The highest BCUT2D eigenvalue weighted by Crippen LogP contribution is 2.23. The summed E-state index contributed by atoms with van der Waals surface area (Å²) in [5, 5.41) is 0. The van der Waals surface area contributed by atoms with Crippen LogP contribution < -0.4 is 15.2 Å². The molecule has 4 nitrogen and oxygen atoms in total. The van der Waals surface area contributed by atoms with Crippen molar-refractivity contribution in [1.29, 1.82) is 0 Å². The van der Waals surface area contributed by atoms with Gasteiger partial charge in [0.25, 0.3) is 0 Å². The lowest BCUT2D eigenvalue weighted by Gasteiger charge is -2.19. The van der Waals surface area contributed by atoms with Crippen molar-refractivity contribution >= 4 is 5.69 Å². The first-order valence-corrected chi connectivity index (χ1v) is 6.86. The smallest absolute Gasteiger partial charge is 0.125 e. The number of hydrogen-bond acceptors (Lipinski definition) is 4. The Labute approximate surface area is 126 Å². The molecular weight excluding hydrogens is 264 g/mol. The SMILES string of the molecule is COc1cccc(CN(C)Cc2ccc(N)cc2OC)c1. The van der Waals surface area contributed by atoms with Gasteiger partial charge in [-0.2, -0.15) is 0 Å². The molecule has 0 aliphatic heterocycles. The summed E-state index contributed by atoms with van der Waals surface area (Å²) in [4.78, 5) is 2.23. The second-order valence-corrected chi connectivity index (χ2v) is 5.10. The molecule has 2 aromatic rings. The van der Waals surface area contributed by atoms with E-state index < -0.39 is 0 Å². The lowest BCUT2D eigenvalue weighted by molar-refractivity contribution is 0.309. The van der Waals surface area contributed by atoms with Crippen LogP contribution in [0.2, 0.25) is 0 Å². The minimum Gasteiger partial charge on any atom is -0.497 e. The first-order valence-electron chi connectivity index (χ1n) is 6.86. The van der Waals surface area contributed by atoms with Crippen LogP contribution in [-0.4, -0.2) is 26.2 Å². The molecule has 0 radical (unpaired) electrons. The van der Waals surface area contributed by atoms with Gasteiger partial charge in [-0.1, -0.05) is 18.2 Å². The predicted octanol–water partition coefficient (Wildman–Crippen LogP) is 2.92. The summed E-state index contributed by atoms with van der Waals surface area (Å²) in [6, 6.07) is 13.9. The first kappa shape index (κ1) is 15.2. The van der Waals surface area contributed by atoms with E-state index in [9.17, 15) is 0 Å². The third kappa shape index (κ3) is 4.13. The molecule has 0 atom stereocenters. The summed E-state index contributed by atoms with van der Waals surface area (Å²) in [6.07, 6.45) is 0. The maximum Gasteiger partial charge on any atom is 0.125 e. The van der Waals surface area contributed by atoms with Crippen molar-refractivity contribution in [2.75, 3.05) is 27.0 Å². The summed E-state index contributed by atoms with van der Waals surface area (Å²) in [7, 11) is 5.43. The van der Waals surface area contributed by atoms with Gasteiger partial charge in [0.2, 0.25) is 0 Å². The summed E-state index contributed by atoms with van der Waals surface area (Å²) in [5.41, 5.74) is 8.83. The van der Waals surface area contributed by atoms with Gasteiger partial charge < -0.3 is 15.2 Å². The summed E-state index contributed by atoms with van der Waals surface area (Å²) in [6.45, 7) is 1.63. The molecule has 0 amide bonds. The number of ether oxygens (including phenoxy) is 2. The number of nitrogens with zero attached hydrogens (tertiary/aromatic N) is 1. The molecule has 2 N–H and O–H groups in total. The van der Waals surface area contributed by atoms with Gasteiger partial charge in [-0.3, -0.25) is 4.90 Å². The highest BCUT2D eigenvalue weighted by molar-refractivity contribution is 5.48. The number of rotatable bonds is 6. The van der Waals surface area contributed by atoms with Crippen LogP contribution in [0.3, 0.4) is 0 Å². The molecule has 0 aliphatic rings. The van der Waals surface area contributed by atoms with Crippen molar-refractivity contribution in [1.82, 2.24) is 4.90 Å². The maximum absolute atomic E-state index is 5.78. The molecule has 0 aromatic heterocycles. The standard InChI is InChI=1S/C17H22N2O2/c1-19(11-13-5-4-6-16(9-13)20-2)12-14-7-8-15(18)10-17(14)21-3/h4-10H,11-12,18H2,1-3H3. The van der Waals surface area contributed by atoms with Gasteiger partial charge in [-0.05, 0) is 30.8 Å². The predicted molar refractivity (Wildman–Crippen MR) is 85.6 cm³/mol. The van der Waals surface area contributed by atoms with Crippen molar-refractivity contribution in [2.45, 2.75) is 13.1 Å². The Kier molecular flexibility index (Phi) is 5.06. The zero-order chi connectivity index (χ0) is 15.2. The molecule has 0 saturated heterocycles. The van der Waals surface area contributed by atoms with Crippen LogP contribution in [0.4, 0.5) is 5.69 Å². The van der Waals surface area contributed by atoms with Crippen molar-refractivity contribution in [3.63, 3.8) is 0 Å². The second-order valence-electron chi connectivity index (χ2n) is 5.10. The number of nitrogens with two attached hydrogens (primary N) is 1. The van der Waals surface area contributed by atoms with Crippen LogP contribution in [-0.2, 0) is 13.1 Å². The number of hydrogen-bond donors (Lipinski definition) is 1. The molecule has 0 fully saturated rings. The average molecular weight is 286 g/mol. The number of methoxy groups -OCH3 is 2. The molecular formula is C17H22N2O2. The molecule has 0 heterocycles. The zero-order valence-electron chi connectivity index (χ0n) is 12.8. The van der Waals surface area contributed by atoms with Crippen LogP contribution >= 0.6 is 0 Å². The van der Waals surface area contributed by atoms with Crippen LogP contribution in [0, 0.1) is 0 Å². The lowest BCUT2D eigenvalue weighted by atomic mass is 10.1. The van der Waals surface area contributed by atoms with Gasteiger partial charge in [-0.25, -0.2) is 0 Å². The van der Waals surface area contributed by atoms with Gasteiger partial charge in [0.15, 0.2) is 0 Å². The fraction of sp³-hybridized carbons (Fsp3) is 0.294. The molecule has 2 rings (SSSR count). The van der Waals surface area contributed by atoms with Crippen LogP contribution in [0.15, 0.2) is 42.5 Å². The number of benzene rings is 2. The largest absolute Gasteiger partial charge is 0.497 e. The first-order chi connectivity index (χ1) is 10.1. The van der Waals surface area contributed by atoms with Crippen LogP contribution in [0.1, 0.15) is 11.1 Å². The van der Waals surface area contributed by atoms with E-state index in [1.54, 1.807) is 14.2 Å². The molecule has 0 spiro atoms. The second kappa shape index (κ2) is 6.99. The fourth-order valence-corrected chi connectivity index (χ4v) is 2.32. The quantitative estimate of drug-likeness (QED) is 0.829. The van der Waals surface area contributed by atoms with Gasteiger partial charge in [-0.15, -0.1) is 0 Å². The maximum atomic E-state index is 5.78. The van der Waals surface area contributed by atoms with Crippen molar-refractivity contribution < 1.29 is 9.47 Å². The molecule has 0 bridgehead atoms. The Bertz CT molecular complexity index is 599. The molecule has 0 aliphatic carbocycles. The van der Waals surface area contributed by atoms with E-state index in [-0.39, 0.29) is 0 Å². The Hall–Kier alpha value is -2.20. The highest BCUT2D eigenvalue weighted by atomic mass is 16.5. The van der Waals surface area contributed by atoms with E-state index >= 15 is 0 Å². The summed E-state index contributed by atoms with van der Waals surface area (Å²) in [5.74, 6) is 1.71. The van der Waals surface area contributed by atoms with Crippen LogP contribution in [0.25, 0.3) is 0 Å². The third-order valence-electron chi connectivity index (χ3n) is 3.34. The summed E-state index contributed by atoms with van der Waals surface area (Å²) >= 11 is 0. The Balaban J connectivity index is 2.05. The number of nitrogen functional groups attached to an aromatic ring is 1. The van der Waals surface area contributed by atoms with E-state index in [0.29, 0.717) is 5.69 Å². The fourth-order valence-electron chi connectivity index (χ4n) is 2.32. The Morgan fingerprint density at radius 2 is 1.81 bits per heavy atom. The van der Waals surface area contributed by atoms with Gasteiger partial charge >= 0.3 is 0 Å². The molecule has 112 valence electrons. The van der Waals surface area contributed by atoms with Gasteiger partial charge in [0, 0.05) is 30.4 Å². The molecule has 0 unspecified atom stereocenters. The molecule has 2 aromatic carbocycles. The normalized spacial score (nSPS) is 10.7. The zero-order valence-corrected chi connectivity index (χ0v) is 12.8. The topological polar surface area (TPSA) is 47.7 Å². The lowest BCUT2D eigenvalue weighted by Crippen LogP contribution is -2.17. The highest BCUT2D eigenvalue weighted by Gasteiger charge is 2.08. The average Bonchev–Trinajstić information content (AvgIpc) is 2.49. The van der Waals surface area contributed by atoms with Gasteiger partial charge in [0.05, 0.1) is 14.2 Å². The molecule has 4 heteroatoms.